The molecule has 4 fully saturated rings. The Morgan fingerprint density at radius 3 is 2.69 bits per heavy atom. The van der Waals surface area contributed by atoms with E-state index >= 15 is 0 Å². The van der Waals surface area contributed by atoms with Crippen LogP contribution in [0.25, 0.3) is 0 Å². The lowest BCUT2D eigenvalue weighted by atomic mass is 9.48. The summed E-state index contributed by atoms with van der Waals surface area (Å²) in [7, 11) is 0. The van der Waals surface area contributed by atoms with Crippen LogP contribution in [0.5, 0.6) is 0 Å². The summed E-state index contributed by atoms with van der Waals surface area (Å²) < 4.78 is 0. The van der Waals surface area contributed by atoms with E-state index in [2.05, 4.69) is 13.0 Å². The molecule has 142 valence electrons. The van der Waals surface area contributed by atoms with Crippen LogP contribution in [0.1, 0.15) is 77.6 Å². The smallest absolute Gasteiger partial charge is 0.303 e. The SMILES string of the molecule is CC12CCC3C4CCC(=O)C=C4C4(CC4)CC3C1CCC2CCC(=O)O. The predicted molar refractivity (Wildman–Crippen MR) is 99.5 cm³/mol. The lowest BCUT2D eigenvalue weighted by molar-refractivity contribution is -0.137. The molecule has 6 atom stereocenters. The third-order valence-electron chi connectivity index (χ3n) is 9.42. The fraction of sp³-hybridized carbons (Fsp3) is 0.826. The van der Waals surface area contributed by atoms with E-state index in [1.807, 2.05) is 0 Å². The lowest BCUT2D eigenvalue weighted by Crippen LogP contribution is -2.48. The number of carbonyl (C=O) groups is 2. The zero-order valence-electron chi connectivity index (χ0n) is 16.0. The van der Waals surface area contributed by atoms with Gasteiger partial charge in [-0.25, -0.2) is 0 Å². The van der Waals surface area contributed by atoms with Crippen LogP contribution < -0.4 is 0 Å². The lowest BCUT2D eigenvalue weighted by Gasteiger charge is -2.56. The molecule has 5 aliphatic carbocycles. The molecule has 1 spiro atoms. The highest BCUT2D eigenvalue weighted by atomic mass is 16.4. The van der Waals surface area contributed by atoms with Crippen molar-refractivity contribution in [2.24, 2.45) is 40.4 Å². The van der Waals surface area contributed by atoms with Crippen molar-refractivity contribution >= 4 is 11.8 Å². The molecular weight excluding hydrogens is 324 g/mol. The van der Waals surface area contributed by atoms with Crippen LogP contribution in [-0.4, -0.2) is 16.9 Å². The van der Waals surface area contributed by atoms with Crippen molar-refractivity contribution in [2.75, 3.05) is 0 Å². The third-order valence-corrected chi connectivity index (χ3v) is 9.42. The van der Waals surface area contributed by atoms with Crippen molar-refractivity contribution in [1.82, 2.24) is 0 Å². The molecule has 6 unspecified atom stereocenters. The van der Waals surface area contributed by atoms with E-state index in [1.165, 1.54) is 44.9 Å². The van der Waals surface area contributed by atoms with Gasteiger partial charge in [0.2, 0.25) is 0 Å². The molecule has 0 aliphatic heterocycles. The Bertz CT molecular complexity index is 673. The maximum Gasteiger partial charge on any atom is 0.303 e. The van der Waals surface area contributed by atoms with Crippen LogP contribution in [0, 0.1) is 40.4 Å². The molecule has 0 aromatic rings. The molecule has 3 heteroatoms. The first-order valence-electron chi connectivity index (χ1n) is 10.9. The quantitative estimate of drug-likeness (QED) is 0.774. The topological polar surface area (TPSA) is 54.4 Å². The van der Waals surface area contributed by atoms with Crippen LogP contribution in [0.4, 0.5) is 0 Å². The highest BCUT2D eigenvalue weighted by Gasteiger charge is 2.62. The van der Waals surface area contributed by atoms with E-state index in [-0.39, 0.29) is 0 Å². The fourth-order valence-electron chi connectivity index (χ4n) is 8.00. The molecule has 4 saturated carbocycles. The number of allylic oxidation sites excluding steroid dienone is 1. The number of rotatable bonds is 3. The van der Waals surface area contributed by atoms with Gasteiger partial charge in [-0.05, 0) is 104 Å². The minimum atomic E-state index is -0.637. The standard InChI is InChI=1S/C23H32O3/c1-22-9-8-16-17-5-4-15(24)12-20(17)23(10-11-23)13-18(16)19(22)6-2-14(22)3-7-21(25)26/h12,14,16-19H,2-11,13H2,1H3,(H,25,26). The van der Waals surface area contributed by atoms with Crippen molar-refractivity contribution in [3.8, 4) is 0 Å². The number of fused-ring (bicyclic) bond motifs is 6. The Kier molecular flexibility index (Phi) is 3.72. The summed E-state index contributed by atoms with van der Waals surface area (Å²) >= 11 is 0. The van der Waals surface area contributed by atoms with Gasteiger partial charge < -0.3 is 5.11 Å². The molecule has 5 rings (SSSR count). The molecular formula is C23H32O3. The number of hydrogen-bond donors (Lipinski definition) is 1. The molecule has 26 heavy (non-hydrogen) atoms. The minimum Gasteiger partial charge on any atom is -0.481 e. The molecule has 1 N–H and O–H groups in total. The van der Waals surface area contributed by atoms with Gasteiger partial charge in [-0.3, -0.25) is 9.59 Å². The van der Waals surface area contributed by atoms with E-state index in [9.17, 15) is 9.59 Å². The Balaban J connectivity index is 1.42. The Hall–Kier alpha value is -1.12. The summed E-state index contributed by atoms with van der Waals surface area (Å²) in [6.07, 6.45) is 14.2. The van der Waals surface area contributed by atoms with Crippen LogP contribution in [0.15, 0.2) is 11.6 Å². The number of ketones is 1. The normalized spacial score (nSPS) is 45.5. The van der Waals surface area contributed by atoms with Crippen LogP contribution >= 0.6 is 0 Å². The van der Waals surface area contributed by atoms with Gasteiger partial charge in [0.05, 0.1) is 0 Å². The fourth-order valence-corrected chi connectivity index (χ4v) is 8.00. The van der Waals surface area contributed by atoms with Crippen molar-refractivity contribution in [2.45, 2.75) is 77.6 Å². The van der Waals surface area contributed by atoms with Crippen LogP contribution in [0.2, 0.25) is 0 Å². The monoisotopic (exact) mass is 356 g/mol. The molecule has 0 amide bonds. The van der Waals surface area contributed by atoms with Crippen molar-refractivity contribution in [3.63, 3.8) is 0 Å². The first-order valence-corrected chi connectivity index (χ1v) is 10.9. The van der Waals surface area contributed by atoms with Crippen molar-refractivity contribution in [3.05, 3.63) is 11.6 Å². The molecule has 0 aromatic heterocycles. The number of hydrogen-bond acceptors (Lipinski definition) is 2. The zero-order chi connectivity index (χ0) is 18.1. The van der Waals surface area contributed by atoms with Gasteiger partial charge >= 0.3 is 5.97 Å². The van der Waals surface area contributed by atoms with Gasteiger partial charge in [-0.15, -0.1) is 0 Å². The Morgan fingerprint density at radius 1 is 1.15 bits per heavy atom. The van der Waals surface area contributed by atoms with Gasteiger partial charge in [-0.2, -0.15) is 0 Å². The Morgan fingerprint density at radius 2 is 1.96 bits per heavy atom. The van der Waals surface area contributed by atoms with E-state index in [4.69, 9.17) is 5.11 Å². The van der Waals surface area contributed by atoms with E-state index in [0.717, 1.165) is 37.0 Å². The summed E-state index contributed by atoms with van der Waals surface area (Å²) in [5.41, 5.74) is 2.30. The first-order chi connectivity index (χ1) is 12.4. The summed E-state index contributed by atoms with van der Waals surface area (Å²) in [6.45, 7) is 2.49. The van der Waals surface area contributed by atoms with Crippen LogP contribution in [0.3, 0.4) is 0 Å². The highest BCUT2D eigenvalue weighted by molar-refractivity contribution is 5.91. The average Bonchev–Trinajstić information content (AvgIpc) is 3.28. The molecule has 0 heterocycles. The minimum absolute atomic E-state index is 0.336. The third kappa shape index (κ3) is 2.38. The molecule has 0 bridgehead atoms. The summed E-state index contributed by atoms with van der Waals surface area (Å²) in [6, 6.07) is 0. The van der Waals surface area contributed by atoms with E-state index in [0.29, 0.717) is 34.9 Å². The average molecular weight is 357 g/mol. The predicted octanol–water partition coefficient (Wildman–Crippen LogP) is 5.00. The summed E-state index contributed by atoms with van der Waals surface area (Å²) in [5, 5.41) is 9.14. The highest BCUT2D eigenvalue weighted by Crippen LogP contribution is 2.71. The molecule has 0 aromatic carbocycles. The second-order valence-electron chi connectivity index (χ2n) is 10.4. The van der Waals surface area contributed by atoms with Gasteiger partial charge in [0.15, 0.2) is 5.78 Å². The maximum atomic E-state index is 12.1. The van der Waals surface area contributed by atoms with E-state index in [1.54, 1.807) is 5.57 Å². The Labute approximate surface area is 156 Å². The number of carboxylic acids is 1. The van der Waals surface area contributed by atoms with Crippen molar-refractivity contribution < 1.29 is 14.7 Å². The number of carboxylic acid groups (broad SMARTS) is 1. The molecule has 0 saturated heterocycles. The van der Waals surface area contributed by atoms with Crippen LogP contribution in [-0.2, 0) is 9.59 Å². The maximum absolute atomic E-state index is 12.1. The number of aliphatic carboxylic acids is 1. The van der Waals surface area contributed by atoms with Crippen molar-refractivity contribution in [1.29, 1.82) is 0 Å². The van der Waals surface area contributed by atoms with Gasteiger partial charge in [0.25, 0.3) is 0 Å². The van der Waals surface area contributed by atoms with Gasteiger partial charge in [0, 0.05) is 12.8 Å². The first kappa shape index (κ1) is 17.0. The molecule has 5 aliphatic rings. The molecule has 3 nitrogen and oxygen atoms in total. The largest absolute Gasteiger partial charge is 0.481 e. The van der Waals surface area contributed by atoms with E-state index < -0.39 is 5.97 Å². The number of carbonyl (C=O) groups excluding carboxylic acids is 1. The molecule has 0 radical (unpaired) electrons. The zero-order valence-corrected chi connectivity index (χ0v) is 16.0. The second-order valence-corrected chi connectivity index (χ2v) is 10.4. The van der Waals surface area contributed by atoms with Gasteiger partial charge in [0.1, 0.15) is 0 Å². The summed E-state index contributed by atoms with van der Waals surface area (Å²) in [4.78, 5) is 23.2. The van der Waals surface area contributed by atoms with Gasteiger partial charge in [-0.1, -0.05) is 12.5 Å². The second kappa shape index (κ2) is 5.69. The summed E-state index contributed by atoms with van der Waals surface area (Å²) in [5.74, 6) is 3.41.